The number of ether oxygens (including phenoxy) is 1. The number of hydrogen-bond acceptors (Lipinski definition) is 5. The number of hydrogen-bond donors (Lipinski definition) is 1. The van der Waals surface area contributed by atoms with Gasteiger partial charge in [0.15, 0.2) is 0 Å². The van der Waals surface area contributed by atoms with Crippen molar-refractivity contribution in [2.45, 2.75) is 20.0 Å². The fourth-order valence-corrected chi connectivity index (χ4v) is 3.91. The van der Waals surface area contributed by atoms with E-state index >= 15 is 0 Å². The van der Waals surface area contributed by atoms with Crippen LogP contribution in [0.5, 0.6) is 5.75 Å². The van der Waals surface area contributed by atoms with E-state index in [1.165, 1.54) is 22.2 Å². The molecule has 1 aliphatic heterocycles. The Kier molecular flexibility index (Phi) is 6.49. The number of aryl methyl sites for hydroxylation is 1. The molecule has 1 heterocycles. The van der Waals surface area contributed by atoms with E-state index in [9.17, 15) is 9.59 Å². The third-order valence-electron chi connectivity index (χ3n) is 4.10. The van der Waals surface area contributed by atoms with Crippen molar-refractivity contribution in [2.24, 2.45) is 0 Å². The van der Waals surface area contributed by atoms with Gasteiger partial charge < -0.3 is 9.84 Å². The maximum absolute atomic E-state index is 12.5. The molecule has 1 saturated heterocycles. The summed E-state index contributed by atoms with van der Waals surface area (Å²) in [6.07, 6.45) is 1.61. The maximum atomic E-state index is 12.5. The molecule has 1 aliphatic rings. The molecule has 0 aliphatic carbocycles. The third-order valence-corrected chi connectivity index (χ3v) is 5.48. The van der Waals surface area contributed by atoms with Crippen LogP contribution in [0.25, 0.3) is 6.08 Å². The van der Waals surface area contributed by atoms with Crippen LogP contribution < -0.4 is 4.74 Å². The highest BCUT2D eigenvalue weighted by Gasteiger charge is 2.32. The lowest BCUT2D eigenvalue weighted by Gasteiger charge is -2.12. The molecule has 3 rings (SSSR count). The summed E-state index contributed by atoms with van der Waals surface area (Å²) in [6.45, 7) is 2.58. The smallest absolute Gasteiger partial charge is 0.305 e. The van der Waals surface area contributed by atoms with Crippen LogP contribution in [0, 0.1) is 6.92 Å². The molecule has 1 amide bonds. The summed E-state index contributed by atoms with van der Waals surface area (Å²) in [4.78, 5) is 25.0. The second-order valence-corrected chi connectivity index (χ2v) is 8.00. The number of carbonyl (C=O) groups excluding carboxylic acids is 1. The average Bonchev–Trinajstić information content (AvgIpc) is 2.93. The summed E-state index contributed by atoms with van der Waals surface area (Å²) in [5, 5.41) is 8.81. The first-order valence-corrected chi connectivity index (χ1v) is 9.90. The average molecular weight is 414 g/mol. The fraction of sp³-hybridized carbons (Fsp3) is 0.190. The zero-order valence-corrected chi connectivity index (χ0v) is 16.9. The predicted octanol–water partition coefficient (Wildman–Crippen LogP) is 4.25. The van der Waals surface area contributed by atoms with Gasteiger partial charge in [0.1, 0.15) is 16.7 Å². The van der Waals surface area contributed by atoms with Crippen LogP contribution in [-0.4, -0.2) is 32.7 Å². The van der Waals surface area contributed by atoms with Gasteiger partial charge in [-0.3, -0.25) is 14.5 Å². The van der Waals surface area contributed by atoms with Gasteiger partial charge >= 0.3 is 5.97 Å². The van der Waals surface area contributed by atoms with Gasteiger partial charge in [-0.1, -0.05) is 65.9 Å². The Morgan fingerprint density at radius 1 is 1.25 bits per heavy atom. The highest BCUT2D eigenvalue weighted by atomic mass is 32.2. The largest absolute Gasteiger partial charge is 0.489 e. The van der Waals surface area contributed by atoms with Crippen molar-refractivity contribution in [1.82, 2.24) is 4.90 Å². The van der Waals surface area contributed by atoms with E-state index in [1.54, 1.807) is 6.08 Å². The molecule has 0 bridgehead atoms. The molecule has 0 spiro atoms. The van der Waals surface area contributed by atoms with Crippen molar-refractivity contribution < 1.29 is 19.4 Å². The van der Waals surface area contributed by atoms with E-state index in [0.29, 0.717) is 21.6 Å². The zero-order valence-electron chi connectivity index (χ0n) is 15.3. The van der Waals surface area contributed by atoms with Gasteiger partial charge in [-0.05, 0) is 36.3 Å². The van der Waals surface area contributed by atoms with E-state index < -0.39 is 5.97 Å². The molecule has 1 fully saturated rings. The van der Waals surface area contributed by atoms with Gasteiger partial charge in [0.05, 0.1) is 11.3 Å². The monoisotopic (exact) mass is 413 g/mol. The number of rotatable bonds is 7. The molecule has 2 aromatic carbocycles. The summed E-state index contributed by atoms with van der Waals surface area (Å²) in [5.74, 6) is -0.519. The lowest BCUT2D eigenvalue weighted by Crippen LogP contribution is -2.30. The molecule has 144 valence electrons. The Morgan fingerprint density at radius 2 is 2.00 bits per heavy atom. The van der Waals surface area contributed by atoms with Crippen LogP contribution in [0.1, 0.15) is 23.1 Å². The van der Waals surface area contributed by atoms with Crippen molar-refractivity contribution in [2.75, 3.05) is 6.54 Å². The number of amides is 1. The Morgan fingerprint density at radius 3 is 2.71 bits per heavy atom. The van der Waals surface area contributed by atoms with Crippen LogP contribution in [0.15, 0.2) is 53.4 Å². The number of benzene rings is 2. The van der Waals surface area contributed by atoms with Crippen molar-refractivity contribution in [1.29, 1.82) is 0 Å². The molecule has 0 saturated carbocycles. The quantitative estimate of drug-likeness (QED) is 0.541. The lowest BCUT2D eigenvalue weighted by atomic mass is 10.1. The van der Waals surface area contributed by atoms with E-state index in [-0.39, 0.29) is 18.9 Å². The van der Waals surface area contributed by atoms with E-state index in [1.807, 2.05) is 55.5 Å². The summed E-state index contributed by atoms with van der Waals surface area (Å²) >= 11 is 6.38. The van der Waals surface area contributed by atoms with Gasteiger partial charge in [0.25, 0.3) is 5.91 Å². The second kappa shape index (κ2) is 9.03. The fourth-order valence-electron chi connectivity index (χ4n) is 2.60. The van der Waals surface area contributed by atoms with E-state index in [2.05, 4.69) is 0 Å². The normalized spacial score (nSPS) is 15.3. The third kappa shape index (κ3) is 5.21. The number of aliphatic carboxylic acids is 1. The topological polar surface area (TPSA) is 66.8 Å². The van der Waals surface area contributed by atoms with Crippen LogP contribution in [0.3, 0.4) is 0 Å². The minimum atomic E-state index is -0.962. The van der Waals surface area contributed by atoms with Crippen molar-refractivity contribution >= 4 is 46.3 Å². The van der Waals surface area contributed by atoms with E-state index in [4.69, 9.17) is 22.1 Å². The molecule has 0 unspecified atom stereocenters. The van der Waals surface area contributed by atoms with Gasteiger partial charge in [0.2, 0.25) is 0 Å². The molecule has 28 heavy (non-hydrogen) atoms. The first-order chi connectivity index (χ1) is 13.4. The van der Waals surface area contributed by atoms with Crippen LogP contribution in [0.2, 0.25) is 0 Å². The molecule has 5 nitrogen and oxygen atoms in total. The Bertz CT molecular complexity index is 938. The molecular formula is C21H19NO4S2. The van der Waals surface area contributed by atoms with Crippen molar-refractivity contribution in [3.63, 3.8) is 0 Å². The number of carboxylic acids is 1. The predicted molar refractivity (Wildman–Crippen MR) is 114 cm³/mol. The van der Waals surface area contributed by atoms with Gasteiger partial charge in [-0.25, -0.2) is 0 Å². The maximum Gasteiger partial charge on any atom is 0.305 e. The van der Waals surface area contributed by atoms with E-state index in [0.717, 1.165) is 11.1 Å². The Hall–Kier alpha value is -2.64. The summed E-state index contributed by atoms with van der Waals surface area (Å²) in [6, 6.07) is 15.6. The number of carboxylic acid groups (broad SMARTS) is 1. The molecule has 1 N–H and O–H groups in total. The van der Waals surface area contributed by atoms with Crippen LogP contribution in [0.4, 0.5) is 0 Å². The summed E-state index contributed by atoms with van der Waals surface area (Å²) in [5.41, 5.74) is 3.10. The zero-order chi connectivity index (χ0) is 20.1. The van der Waals surface area contributed by atoms with Gasteiger partial charge in [-0.2, -0.15) is 0 Å². The minimum Gasteiger partial charge on any atom is -0.489 e. The number of thioether (sulfide) groups is 1. The summed E-state index contributed by atoms with van der Waals surface area (Å²) < 4.78 is 6.23. The van der Waals surface area contributed by atoms with Crippen molar-refractivity contribution in [3.8, 4) is 5.75 Å². The minimum absolute atomic E-state index is 0.0804. The van der Waals surface area contributed by atoms with Gasteiger partial charge in [-0.15, -0.1) is 0 Å². The highest BCUT2D eigenvalue weighted by molar-refractivity contribution is 8.26. The highest BCUT2D eigenvalue weighted by Crippen LogP contribution is 2.33. The van der Waals surface area contributed by atoms with Crippen LogP contribution in [-0.2, 0) is 16.2 Å². The molecule has 7 heteroatoms. The number of nitrogens with zero attached hydrogens (tertiary/aromatic N) is 1. The van der Waals surface area contributed by atoms with Crippen molar-refractivity contribution in [3.05, 3.63) is 70.1 Å². The van der Waals surface area contributed by atoms with Crippen LogP contribution >= 0.6 is 24.0 Å². The first kappa shape index (κ1) is 20.1. The SMILES string of the molecule is Cc1ccc(COc2cccc(/C=C3\SC(=S)N(CCC(=O)O)C3=O)c2)cc1. The standard InChI is InChI=1S/C21H19NO4S2/c1-14-5-7-15(8-6-14)13-26-17-4-2-3-16(11-17)12-18-20(25)22(21(27)28-18)10-9-19(23)24/h2-8,11-12H,9-10,13H2,1H3,(H,23,24)/b18-12-. The number of carbonyl (C=O) groups is 2. The second-order valence-electron chi connectivity index (χ2n) is 6.32. The molecule has 2 aromatic rings. The molecule has 0 aromatic heterocycles. The Labute approximate surface area is 173 Å². The molecule has 0 radical (unpaired) electrons. The Balaban J connectivity index is 1.68. The molecular weight excluding hydrogens is 394 g/mol. The molecule has 0 atom stereocenters. The summed E-state index contributed by atoms with van der Waals surface area (Å²) in [7, 11) is 0. The van der Waals surface area contributed by atoms with Gasteiger partial charge in [0, 0.05) is 6.54 Å². The number of thiocarbonyl (C=S) groups is 1. The lowest BCUT2D eigenvalue weighted by molar-refractivity contribution is -0.137. The first-order valence-electron chi connectivity index (χ1n) is 8.68.